The second-order valence-corrected chi connectivity index (χ2v) is 9.40. The highest BCUT2D eigenvalue weighted by atomic mass is 14.3. The molecule has 2 aliphatic rings. The van der Waals surface area contributed by atoms with Crippen molar-refractivity contribution < 1.29 is 0 Å². The minimum absolute atomic E-state index is 0. The van der Waals surface area contributed by atoms with Gasteiger partial charge < -0.3 is 0 Å². The molecule has 0 unspecified atom stereocenters. The quantitative estimate of drug-likeness (QED) is 0.164. The minimum atomic E-state index is 0. The molecule has 0 spiro atoms. The van der Waals surface area contributed by atoms with E-state index in [-0.39, 0.29) is 81.7 Å². The molecule has 0 saturated carbocycles. The third-order valence-corrected chi connectivity index (χ3v) is 6.83. The summed E-state index contributed by atoms with van der Waals surface area (Å²) in [6, 6.07) is 27.1. The Kier molecular flexibility index (Phi) is 34.5. The van der Waals surface area contributed by atoms with Crippen molar-refractivity contribution in [3.63, 3.8) is 0 Å². The Morgan fingerprint density at radius 1 is 0.386 bits per heavy atom. The van der Waals surface area contributed by atoms with Crippen LogP contribution in [-0.4, -0.2) is 0 Å². The van der Waals surface area contributed by atoms with Gasteiger partial charge in [0, 0.05) is 5.92 Å². The summed E-state index contributed by atoms with van der Waals surface area (Å²) < 4.78 is 0. The van der Waals surface area contributed by atoms with Crippen LogP contribution in [0.25, 0.3) is 22.3 Å². The summed E-state index contributed by atoms with van der Waals surface area (Å²) in [7, 11) is 0. The molecule has 0 amide bonds. The van der Waals surface area contributed by atoms with E-state index in [0.29, 0.717) is 5.92 Å². The SMILES string of the molecule is C.C.C.C.C.C.C.C.C.C.C.CC.Cc1ccc2c(c1)C(C)c1cc(C)ccc1-2.Cc1ccc2c(c1)Cc1cc(C)ccc1-2. The second-order valence-electron chi connectivity index (χ2n) is 9.40. The summed E-state index contributed by atoms with van der Waals surface area (Å²) in [4.78, 5) is 0. The molecule has 0 atom stereocenters. The van der Waals surface area contributed by atoms with Crippen LogP contribution < -0.4 is 0 Å². The molecule has 0 radical (unpaired) electrons. The summed E-state index contributed by atoms with van der Waals surface area (Å²) in [5, 5.41) is 0. The fourth-order valence-electron chi connectivity index (χ4n) is 5.21. The van der Waals surface area contributed by atoms with Crippen molar-refractivity contribution in [3.8, 4) is 22.3 Å². The largest absolute Gasteiger partial charge is 0.0776 e. The summed E-state index contributed by atoms with van der Waals surface area (Å²) in [6.45, 7) is 15.0. The van der Waals surface area contributed by atoms with E-state index in [1.54, 1.807) is 0 Å². The normalized spacial score (nSPS) is 9.34. The van der Waals surface area contributed by atoms with Crippen LogP contribution >= 0.6 is 0 Å². The van der Waals surface area contributed by atoms with Gasteiger partial charge in [-0.2, -0.15) is 0 Å². The summed E-state index contributed by atoms with van der Waals surface area (Å²) in [5.74, 6) is 0.546. The van der Waals surface area contributed by atoms with Gasteiger partial charge in [0.25, 0.3) is 0 Å². The first-order valence-electron chi connectivity index (χ1n) is 12.3. The van der Waals surface area contributed by atoms with Crippen molar-refractivity contribution in [3.05, 3.63) is 117 Å². The van der Waals surface area contributed by atoms with Crippen LogP contribution in [0.4, 0.5) is 0 Å². The van der Waals surface area contributed by atoms with Crippen molar-refractivity contribution >= 4 is 0 Å². The van der Waals surface area contributed by atoms with E-state index < -0.39 is 0 Å². The number of benzene rings is 4. The van der Waals surface area contributed by atoms with Gasteiger partial charge >= 0.3 is 0 Å². The smallest absolute Gasteiger partial charge is 0.00735 e. The monoisotopic (exact) mass is 609 g/mol. The fourth-order valence-corrected chi connectivity index (χ4v) is 5.21. The number of hydrogen-bond donors (Lipinski definition) is 0. The summed E-state index contributed by atoms with van der Waals surface area (Å²) in [6.07, 6.45) is 1.11. The van der Waals surface area contributed by atoms with E-state index in [1.165, 1.54) is 66.8 Å². The molecule has 0 nitrogen and oxygen atoms in total. The van der Waals surface area contributed by atoms with Gasteiger partial charge in [0.05, 0.1) is 0 Å². The number of rotatable bonds is 0. The van der Waals surface area contributed by atoms with E-state index in [2.05, 4.69) is 107 Å². The highest BCUT2D eigenvalue weighted by molar-refractivity contribution is 5.79. The Bertz CT molecular complexity index is 1200. The minimum Gasteiger partial charge on any atom is -0.0776 e. The molecule has 2 aliphatic carbocycles. The predicted octanol–water partition coefficient (Wildman–Crippen LogP) is 16.3. The van der Waals surface area contributed by atoms with Gasteiger partial charge in [0.15, 0.2) is 0 Å². The number of aryl methyl sites for hydroxylation is 4. The molecule has 4 aromatic carbocycles. The summed E-state index contributed by atoms with van der Waals surface area (Å²) >= 11 is 0. The molecule has 44 heavy (non-hydrogen) atoms. The first-order valence-corrected chi connectivity index (χ1v) is 12.3. The highest BCUT2D eigenvalue weighted by Gasteiger charge is 2.25. The van der Waals surface area contributed by atoms with Gasteiger partial charge in [-0.25, -0.2) is 0 Å². The van der Waals surface area contributed by atoms with Crippen LogP contribution in [0.1, 0.15) is 153 Å². The second kappa shape index (κ2) is 25.2. The van der Waals surface area contributed by atoms with Gasteiger partial charge in [-0.3, -0.25) is 0 Å². The van der Waals surface area contributed by atoms with Crippen molar-refractivity contribution in [1.29, 1.82) is 0 Å². The average molecular weight is 609 g/mol. The average Bonchev–Trinajstić information content (AvgIpc) is 3.29. The Balaban J connectivity index is -0.0000000752. The molecule has 256 valence electrons. The Morgan fingerprint density at radius 2 is 0.636 bits per heavy atom. The van der Waals surface area contributed by atoms with Gasteiger partial charge in [0.1, 0.15) is 0 Å². The van der Waals surface area contributed by atoms with Crippen molar-refractivity contribution in [1.82, 2.24) is 0 Å². The van der Waals surface area contributed by atoms with Gasteiger partial charge in [-0.1, -0.05) is 198 Å². The van der Waals surface area contributed by atoms with Crippen molar-refractivity contribution in [2.75, 3.05) is 0 Å². The molecule has 4 aromatic rings. The molecule has 6 rings (SSSR count). The summed E-state index contributed by atoms with van der Waals surface area (Å²) in [5.41, 5.74) is 17.1. The Hall–Kier alpha value is -3.12. The van der Waals surface area contributed by atoms with Gasteiger partial charge in [-0.15, -0.1) is 0 Å². The van der Waals surface area contributed by atoms with Gasteiger partial charge in [0.2, 0.25) is 0 Å². The standard InChI is InChI=1S/C16H16.C15H14.C2H6.11CH4/c1-10-4-6-13-14-7-5-11(2)9-16(14)12(3)15(13)8-10;1-10-3-5-14-12(7-10)9-13-8-11(2)4-6-15(13)14;1-2;;;;;;;;;;;/h4-9,12H,1-3H3;3-8H,9H2,1-2H3;1-2H3;11*1H4. The fraction of sp³-hybridized carbons (Fsp3) is 0.455. The maximum atomic E-state index is 2.33. The lowest BCUT2D eigenvalue weighted by atomic mass is 9.97. The molecule has 0 aliphatic heterocycles. The molecule has 0 saturated heterocycles. The molecular weight excluding hydrogens is 528 g/mol. The topological polar surface area (TPSA) is 0 Å². The molecule has 0 N–H and O–H groups in total. The van der Waals surface area contributed by atoms with E-state index >= 15 is 0 Å². The first-order chi connectivity index (χ1) is 15.9. The highest BCUT2D eigenvalue weighted by Crippen LogP contribution is 2.45. The molecule has 0 bridgehead atoms. The van der Waals surface area contributed by atoms with Crippen LogP contribution in [0.15, 0.2) is 72.8 Å². The predicted molar refractivity (Wildman–Crippen MR) is 218 cm³/mol. The molecule has 0 heteroatoms. The lowest BCUT2D eigenvalue weighted by Gasteiger charge is -2.07. The van der Waals surface area contributed by atoms with Crippen LogP contribution in [0.2, 0.25) is 0 Å². The van der Waals surface area contributed by atoms with Crippen LogP contribution in [0.3, 0.4) is 0 Å². The van der Waals surface area contributed by atoms with Crippen molar-refractivity contribution in [2.24, 2.45) is 0 Å². The molecular formula is C44H80. The lowest BCUT2D eigenvalue weighted by Crippen LogP contribution is -1.90. The van der Waals surface area contributed by atoms with E-state index in [4.69, 9.17) is 0 Å². The molecule has 0 aromatic heterocycles. The third kappa shape index (κ3) is 11.8. The number of hydrogen-bond acceptors (Lipinski definition) is 0. The van der Waals surface area contributed by atoms with E-state index in [1.807, 2.05) is 13.8 Å². The Labute approximate surface area is 281 Å². The molecule has 0 fully saturated rings. The zero-order valence-corrected chi connectivity index (χ0v) is 21.2. The van der Waals surface area contributed by atoms with Gasteiger partial charge in [-0.05, 0) is 78.6 Å². The molecule has 0 heterocycles. The zero-order chi connectivity index (χ0) is 23.7. The Morgan fingerprint density at radius 3 is 0.932 bits per heavy atom. The zero-order valence-electron chi connectivity index (χ0n) is 21.2. The first kappa shape index (κ1) is 60.1. The maximum Gasteiger partial charge on any atom is 0.00735 e. The van der Waals surface area contributed by atoms with Crippen molar-refractivity contribution in [2.45, 2.75) is 142 Å². The van der Waals surface area contributed by atoms with E-state index in [9.17, 15) is 0 Å². The van der Waals surface area contributed by atoms with Crippen LogP contribution in [-0.2, 0) is 6.42 Å². The van der Waals surface area contributed by atoms with E-state index in [0.717, 1.165) is 6.42 Å². The maximum absolute atomic E-state index is 2.33. The number of fused-ring (bicyclic) bond motifs is 6. The lowest BCUT2D eigenvalue weighted by molar-refractivity contribution is 0.952. The van der Waals surface area contributed by atoms with Crippen LogP contribution in [0, 0.1) is 27.7 Å². The third-order valence-electron chi connectivity index (χ3n) is 6.83. The van der Waals surface area contributed by atoms with Crippen LogP contribution in [0.5, 0.6) is 0 Å².